The zero-order valence-electron chi connectivity index (χ0n) is 18.7. The van der Waals surface area contributed by atoms with E-state index in [1.807, 2.05) is 41.5 Å². The lowest BCUT2D eigenvalue weighted by atomic mass is 10.0. The standard InChI is InChI=1S/C26H28N2O4S/c1-2-30-22-8-6-18(7-9-22)19-4-3-5-23(12-19)32-24-13-20-15-28(16-21(20)14-24)26(29)31-17-25-27-10-11-33-25/h3-12,20-21,24H,2,13-17H2,1H3. The fraction of sp³-hybridized carbons (Fsp3) is 0.385. The molecule has 3 aromatic rings. The van der Waals surface area contributed by atoms with Crippen LogP contribution in [0.15, 0.2) is 60.1 Å². The number of ether oxygens (including phenoxy) is 3. The molecule has 1 aliphatic heterocycles. The van der Waals surface area contributed by atoms with Gasteiger partial charge in [0.2, 0.25) is 0 Å². The van der Waals surface area contributed by atoms with Crippen LogP contribution in [0, 0.1) is 11.8 Å². The van der Waals surface area contributed by atoms with Crippen molar-refractivity contribution in [3.63, 3.8) is 0 Å². The second-order valence-electron chi connectivity index (χ2n) is 8.60. The van der Waals surface area contributed by atoms with Crippen LogP contribution >= 0.6 is 11.3 Å². The van der Waals surface area contributed by atoms with E-state index in [-0.39, 0.29) is 18.8 Å². The minimum atomic E-state index is -0.236. The van der Waals surface area contributed by atoms with Crippen LogP contribution in [0.4, 0.5) is 4.79 Å². The van der Waals surface area contributed by atoms with Crippen molar-refractivity contribution in [2.24, 2.45) is 11.8 Å². The molecule has 1 aromatic heterocycles. The number of rotatable bonds is 7. The van der Waals surface area contributed by atoms with E-state index in [1.165, 1.54) is 11.3 Å². The van der Waals surface area contributed by atoms with Gasteiger partial charge in [-0.25, -0.2) is 9.78 Å². The highest BCUT2D eigenvalue weighted by Crippen LogP contribution is 2.40. The van der Waals surface area contributed by atoms with Crippen LogP contribution in [0.5, 0.6) is 11.5 Å². The van der Waals surface area contributed by atoms with Gasteiger partial charge in [0.05, 0.1) is 12.7 Å². The third-order valence-electron chi connectivity index (χ3n) is 6.40. The van der Waals surface area contributed by atoms with Crippen LogP contribution in [0.2, 0.25) is 0 Å². The van der Waals surface area contributed by atoms with E-state index in [4.69, 9.17) is 14.2 Å². The summed E-state index contributed by atoms with van der Waals surface area (Å²) in [6.07, 6.45) is 3.61. The van der Waals surface area contributed by atoms with E-state index in [1.54, 1.807) is 6.20 Å². The number of fused-ring (bicyclic) bond motifs is 1. The summed E-state index contributed by atoms with van der Waals surface area (Å²) in [6, 6.07) is 16.4. The lowest BCUT2D eigenvalue weighted by Crippen LogP contribution is -2.31. The fourth-order valence-corrected chi connectivity index (χ4v) is 5.41. The Morgan fingerprint density at radius 1 is 1.06 bits per heavy atom. The van der Waals surface area contributed by atoms with Crippen LogP contribution in [0.3, 0.4) is 0 Å². The average Bonchev–Trinajstić information content (AvgIpc) is 3.55. The Labute approximate surface area is 198 Å². The van der Waals surface area contributed by atoms with Gasteiger partial charge in [-0.05, 0) is 67.0 Å². The van der Waals surface area contributed by atoms with Gasteiger partial charge < -0.3 is 19.1 Å². The van der Waals surface area contributed by atoms with Crippen molar-refractivity contribution in [2.75, 3.05) is 19.7 Å². The first-order chi connectivity index (χ1) is 16.2. The molecule has 6 nitrogen and oxygen atoms in total. The maximum Gasteiger partial charge on any atom is 0.410 e. The first-order valence-corrected chi connectivity index (χ1v) is 12.4. The monoisotopic (exact) mass is 464 g/mol. The van der Waals surface area contributed by atoms with E-state index in [2.05, 4.69) is 29.2 Å². The molecule has 0 radical (unpaired) electrons. The number of carbonyl (C=O) groups excluding carboxylic acids is 1. The Kier molecular flexibility index (Phi) is 6.48. The number of carbonyl (C=O) groups is 1. The Hall–Kier alpha value is -3.06. The summed E-state index contributed by atoms with van der Waals surface area (Å²) >= 11 is 1.50. The number of amides is 1. The number of aromatic nitrogens is 1. The van der Waals surface area contributed by atoms with Gasteiger partial charge in [-0.3, -0.25) is 0 Å². The molecule has 2 unspecified atom stereocenters. The fourth-order valence-electron chi connectivity index (χ4n) is 4.88. The molecule has 1 amide bonds. The maximum atomic E-state index is 12.4. The second-order valence-corrected chi connectivity index (χ2v) is 9.58. The third-order valence-corrected chi connectivity index (χ3v) is 7.16. The molecular formula is C26H28N2O4S. The molecule has 0 spiro atoms. The van der Waals surface area contributed by atoms with Crippen LogP contribution in [0.1, 0.15) is 24.8 Å². The Morgan fingerprint density at radius 2 is 1.85 bits per heavy atom. The molecular weight excluding hydrogens is 436 g/mol. The van der Waals surface area contributed by atoms with Crippen LogP contribution in [-0.2, 0) is 11.3 Å². The number of likely N-dealkylation sites (tertiary alicyclic amines) is 1. The van der Waals surface area contributed by atoms with Gasteiger partial charge in [0.25, 0.3) is 0 Å². The Morgan fingerprint density at radius 3 is 2.55 bits per heavy atom. The summed E-state index contributed by atoms with van der Waals surface area (Å²) in [5, 5.41) is 2.71. The van der Waals surface area contributed by atoms with Crippen molar-refractivity contribution in [2.45, 2.75) is 32.5 Å². The number of nitrogens with zero attached hydrogens (tertiary/aromatic N) is 2. The summed E-state index contributed by atoms with van der Waals surface area (Å²) in [5.74, 6) is 2.71. The largest absolute Gasteiger partial charge is 0.494 e. The van der Waals surface area contributed by atoms with Crippen LogP contribution in [-0.4, -0.2) is 41.8 Å². The smallest absolute Gasteiger partial charge is 0.410 e. The summed E-state index contributed by atoms with van der Waals surface area (Å²) < 4.78 is 17.3. The summed E-state index contributed by atoms with van der Waals surface area (Å²) in [5.41, 5.74) is 2.27. The predicted molar refractivity (Wildman–Crippen MR) is 128 cm³/mol. The molecule has 0 N–H and O–H groups in total. The number of thiazole rings is 1. The van der Waals surface area contributed by atoms with E-state index in [9.17, 15) is 4.79 Å². The SMILES string of the molecule is CCOc1ccc(-c2cccc(OC3CC4CN(C(=O)OCc5nccs5)CC4C3)c2)cc1. The second kappa shape index (κ2) is 9.83. The minimum absolute atomic E-state index is 0.184. The van der Waals surface area contributed by atoms with Gasteiger partial charge in [0.15, 0.2) is 0 Å². The van der Waals surface area contributed by atoms with Crippen molar-refractivity contribution in [3.8, 4) is 22.6 Å². The van der Waals surface area contributed by atoms with E-state index >= 15 is 0 Å². The maximum absolute atomic E-state index is 12.4. The lowest BCUT2D eigenvalue weighted by Gasteiger charge is -2.20. The first-order valence-electron chi connectivity index (χ1n) is 11.5. The van der Waals surface area contributed by atoms with E-state index in [0.29, 0.717) is 18.4 Å². The number of hydrogen-bond acceptors (Lipinski definition) is 6. The molecule has 0 bridgehead atoms. The highest BCUT2D eigenvalue weighted by Gasteiger charge is 2.43. The van der Waals surface area contributed by atoms with Crippen molar-refractivity contribution in [3.05, 3.63) is 65.1 Å². The number of benzene rings is 2. The highest BCUT2D eigenvalue weighted by molar-refractivity contribution is 7.09. The van der Waals surface area contributed by atoms with Crippen LogP contribution < -0.4 is 9.47 Å². The van der Waals surface area contributed by atoms with Crippen molar-refractivity contribution in [1.29, 1.82) is 0 Å². The molecule has 2 fully saturated rings. The molecule has 2 aliphatic rings. The van der Waals surface area contributed by atoms with Crippen molar-refractivity contribution < 1.29 is 19.0 Å². The van der Waals surface area contributed by atoms with Gasteiger partial charge in [0, 0.05) is 24.7 Å². The molecule has 172 valence electrons. The zero-order valence-corrected chi connectivity index (χ0v) is 19.5. The van der Waals surface area contributed by atoms with Gasteiger partial charge in [0.1, 0.15) is 23.1 Å². The van der Waals surface area contributed by atoms with Gasteiger partial charge in [-0.2, -0.15) is 0 Å². The normalized spacial score (nSPS) is 21.6. The van der Waals surface area contributed by atoms with E-state index in [0.717, 1.165) is 53.6 Å². The van der Waals surface area contributed by atoms with E-state index < -0.39 is 0 Å². The quantitative estimate of drug-likeness (QED) is 0.453. The molecule has 1 aliphatic carbocycles. The number of hydrogen-bond donors (Lipinski definition) is 0. The molecule has 2 aromatic carbocycles. The van der Waals surface area contributed by atoms with Gasteiger partial charge >= 0.3 is 6.09 Å². The predicted octanol–water partition coefficient (Wildman–Crippen LogP) is 5.63. The van der Waals surface area contributed by atoms with Gasteiger partial charge in [-0.1, -0.05) is 24.3 Å². The zero-order chi connectivity index (χ0) is 22.6. The summed E-state index contributed by atoms with van der Waals surface area (Å²) in [4.78, 5) is 18.4. The highest BCUT2D eigenvalue weighted by atomic mass is 32.1. The average molecular weight is 465 g/mol. The van der Waals surface area contributed by atoms with Gasteiger partial charge in [-0.15, -0.1) is 11.3 Å². The summed E-state index contributed by atoms with van der Waals surface area (Å²) in [7, 11) is 0. The molecule has 2 atom stereocenters. The van der Waals surface area contributed by atoms with Crippen molar-refractivity contribution in [1.82, 2.24) is 9.88 Å². The topological polar surface area (TPSA) is 60.9 Å². The molecule has 1 saturated carbocycles. The molecule has 7 heteroatoms. The molecule has 5 rings (SSSR count). The minimum Gasteiger partial charge on any atom is -0.494 e. The molecule has 33 heavy (non-hydrogen) atoms. The first kappa shape index (κ1) is 21.8. The van der Waals surface area contributed by atoms with Crippen molar-refractivity contribution >= 4 is 17.4 Å². The third kappa shape index (κ3) is 5.14. The lowest BCUT2D eigenvalue weighted by molar-refractivity contribution is 0.0985. The molecule has 2 heterocycles. The Balaban J connectivity index is 1.14. The molecule has 1 saturated heterocycles. The summed E-state index contributed by atoms with van der Waals surface area (Å²) in [6.45, 7) is 4.39. The Bertz CT molecular complexity index is 1060. The van der Waals surface area contributed by atoms with Crippen LogP contribution in [0.25, 0.3) is 11.1 Å².